The lowest BCUT2D eigenvalue weighted by molar-refractivity contribution is -0.140. The molecule has 0 saturated heterocycles. The van der Waals surface area contributed by atoms with Gasteiger partial charge in [0.05, 0.1) is 13.2 Å². The van der Waals surface area contributed by atoms with Crippen LogP contribution in [0.5, 0.6) is 0 Å². The molecule has 0 aromatic heterocycles. The largest absolute Gasteiger partial charge is 0.469 e. The van der Waals surface area contributed by atoms with Crippen LogP contribution >= 0.6 is 0 Å². The second-order valence-corrected chi connectivity index (χ2v) is 13.0. The maximum Gasteiger partial charge on any atom is 0.305 e. The fourth-order valence-corrected chi connectivity index (χ4v) is 3.73. The number of carbonyl (C=O) groups excluding carboxylic acids is 3. The number of ether oxygens (including phenoxy) is 1. The van der Waals surface area contributed by atoms with Crippen LogP contribution in [0.25, 0.3) is 0 Å². The molecule has 6 heteroatoms. The van der Waals surface area contributed by atoms with Crippen LogP contribution in [0.4, 0.5) is 0 Å². The van der Waals surface area contributed by atoms with Crippen LogP contribution in [0.3, 0.4) is 0 Å². The zero-order chi connectivity index (χ0) is 19.3. The number of hydrogen-bond donors (Lipinski definition) is 0. The number of esters is 1. The van der Waals surface area contributed by atoms with E-state index < -0.39 is 8.32 Å². The monoisotopic (exact) mass is 368 g/mol. The predicted octanol–water partition coefficient (Wildman–Crippen LogP) is 3.97. The van der Waals surface area contributed by atoms with E-state index in [9.17, 15) is 14.4 Å². The molecule has 0 fully saturated rings. The molecule has 25 heavy (non-hydrogen) atoms. The molecule has 1 rings (SSSR count). The van der Waals surface area contributed by atoms with Crippen molar-refractivity contribution < 1.29 is 23.5 Å². The Morgan fingerprint density at radius 1 is 1.20 bits per heavy atom. The molecular weight excluding hydrogens is 336 g/mol. The van der Waals surface area contributed by atoms with Crippen molar-refractivity contribution in [3.8, 4) is 0 Å². The standard InChI is InChI=1S/C19H32O5Si/c1-19(2,3)25(5,6)24-16-12-14(17(21)13-16)11-15(20)9-7-8-10-18(22)23-4/h12,16H,7-11,13H2,1-6H3. The first kappa shape index (κ1) is 21.8. The highest BCUT2D eigenvalue weighted by atomic mass is 28.4. The highest BCUT2D eigenvalue weighted by Crippen LogP contribution is 2.38. The third kappa shape index (κ3) is 6.86. The molecule has 0 heterocycles. The van der Waals surface area contributed by atoms with E-state index in [-0.39, 0.29) is 35.1 Å². The number of hydrogen-bond acceptors (Lipinski definition) is 5. The van der Waals surface area contributed by atoms with Crippen LogP contribution in [-0.4, -0.2) is 39.1 Å². The fourth-order valence-electron chi connectivity index (χ4n) is 2.47. The average Bonchev–Trinajstić information content (AvgIpc) is 2.81. The molecule has 0 amide bonds. The van der Waals surface area contributed by atoms with Crippen LogP contribution in [0, 0.1) is 0 Å². The molecule has 142 valence electrons. The molecule has 0 bridgehead atoms. The second kappa shape index (κ2) is 8.90. The van der Waals surface area contributed by atoms with Gasteiger partial charge in [0.2, 0.25) is 0 Å². The summed E-state index contributed by atoms with van der Waals surface area (Å²) in [5, 5.41) is 0.0854. The van der Waals surface area contributed by atoms with Gasteiger partial charge in [0, 0.05) is 31.3 Å². The fraction of sp³-hybridized carbons (Fsp3) is 0.737. The summed E-state index contributed by atoms with van der Waals surface area (Å²) in [6.07, 6.45) is 4.14. The van der Waals surface area contributed by atoms with Crippen LogP contribution < -0.4 is 0 Å². The lowest BCUT2D eigenvalue weighted by Crippen LogP contribution is -2.43. The van der Waals surface area contributed by atoms with Gasteiger partial charge in [0.1, 0.15) is 5.78 Å². The first-order chi connectivity index (χ1) is 11.5. The Kier molecular flexibility index (Phi) is 7.75. The molecule has 0 aromatic rings. The van der Waals surface area contributed by atoms with Gasteiger partial charge in [-0.3, -0.25) is 14.4 Å². The Morgan fingerprint density at radius 3 is 2.36 bits per heavy atom. The SMILES string of the molecule is COC(=O)CCCCC(=O)CC1=CC(O[Si](C)(C)C(C)(C)C)CC1=O. The second-order valence-electron chi connectivity index (χ2n) is 8.23. The summed E-state index contributed by atoms with van der Waals surface area (Å²) in [6, 6.07) is 0. The van der Waals surface area contributed by atoms with Crippen LogP contribution in [0.2, 0.25) is 18.1 Å². The Bertz CT molecular complexity index is 543. The summed E-state index contributed by atoms with van der Waals surface area (Å²) in [7, 11) is -0.580. The summed E-state index contributed by atoms with van der Waals surface area (Å²) in [5.41, 5.74) is 0.585. The Morgan fingerprint density at radius 2 is 1.80 bits per heavy atom. The summed E-state index contributed by atoms with van der Waals surface area (Å²) >= 11 is 0. The minimum atomic E-state index is -1.93. The molecule has 1 aliphatic rings. The van der Waals surface area contributed by atoms with E-state index in [0.717, 1.165) is 0 Å². The number of carbonyl (C=O) groups is 3. The minimum absolute atomic E-state index is 0.0200. The van der Waals surface area contributed by atoms with Crippen LogP contribution in [-0.2, 0) is 23.5 Å². The van der Waals surface area contributed by atoms with Crippen molar-refractivity contribution in [1.82, 2.24) is 0 Å². The van der Waals surface area contributed by atoms with Crippen molar-refractivity contribution in [3.05, 3.63) is 11.6 Å². The highest BCUT2D eigenvalue weighted by molar-refractivity contribution is 6.74. The van der Waals surface area contributed by atoms with E-state index in [1.54, 1.807) is 0 Å². The quantitative estimate of drug-likeness (QED) is 0.350. The van der Waals surface area contributed by atoms with Gasteiger partial charge in [-0.15, -0.1) is 0 Å². The van der Waals surface area contributed by atoms with Gasteiger partial charge in [-0.25, -0.2) is 0 Å². The Hall–Kier alpha value is -1.27. The van der Waals surface area contributed by atoms with Gasteiger partial charge in [-0.05, 0) is 37.0 Å². The number of rotatable bonds is 9. The third-order valence-corrected chi connectivity index (χ3v) is 9.59. The summed E-state index contributed by atoms with van der Waals surface area (Å²) in [6.45, 7) is 10.8. The first-order valence-corrected chi connectivity index (χ1v) is 11.9. The molecule has 0 N–H and O–H groups in total. The molecule has 5 nitrogen and oxygen atoms in total. The smallest absolute Gasteiger partial charge is 0.305 e. The van der Waals surface area contributed by atoms with Crippen LogP contribution in [0.15, 0.2) is 11.6 Å². The zero-order valence-corrected chi connectivity index (χ0v) is 17.4. The van der Waals surface area contributed by atoms with E-state index in [0.29, 0.717) is 37.7 Å². The topological polar surface area (TPSA) is 69.7 Å². The number of ketones is 2. The normalized spacial score (nSPS) is 18.2. The van der Waals surface area contributed by atoms with Crippen molar-refractivity contribution in [2.24, 2.45) is 0 Å². The van der Waals surface area contributed by atoms with E-state index in [1.165, 1.54) is 7.11 Å². The van der Waals surface area contributed by atoms with E-state index in [2.05, 4.69) is 38.6 Å². The van der Waals surface area contributed by atoms with Crippen molar-refractivity contribution in [2.45, 2.75) is 83.5 Å². The summed E-state index contributed by atoms with van der Waals surface area (Å²) in [5.74, 6) is -0.198. The molecule has 0 aromatic carbocycles. The molecule has 1 aliphatic carbocycles. The molecule has 0 radical (unpaired) electrons. The van der Waals surface area contributed by atoms with E-state index >= 15 is 0 Å². The van der Waals surface area contributed by atoms with Crippen LogP contribution in [0.1, 0.15) is 59.3 Å². The minimum Gasteiger partial charge on any atom is -0.469 e. The van der Waals surface area contributed by atoms with Gasteiger partial charge in [0.15, 0.2) is 14.1 Å². The highest BCUT2D eigenvalue weighted by Gasteiger charge is 2.40. The predicted molar refractivity (Wildman–Crippen MR) is 99.9 cm³/mol. The number of allylic oxidation sites excluding steroid dienone is 1. The molecule has 0 saturated carbocycles. The van der Waals surface area contributed by atoms with Crippen molar-refractivity contribution in [1.29, 1.82) is 0 Å². The van der Waals surface area contributed by atoms with Gasteiger partial charge in [-0.2, -0.15) is 0 Å². The average molecular weight is 369 g/mol. The lowest BCUT2D eigenvalue weighted by atomic mass is 10.0. The third-order valence-electron chi connectivity index (χ3n) is 5.09. The van der Waals surface area contributed by atoms with E-state index in [4.69, 9.17) is 4.43 Å². The maximum absolute atomic E-state index is 12.2. The number of methoxy groups -OCH3 is 1. The van der Waals surface area contributed by atoms with E-state index in [1.807, 2.05) is 6.08 Å². The first-order valence-electron chi connectivity index (χ1n) is 8.96. The molecular formula is C19H32O5Si. The van der Waals surface area contributed by atoms with Crippen molar-refractivity contribution >= 4 is 25.9 Å². The Balaban J connectivity index is 2.49. The molecule has 0 spiro atoms. The van der Waals surface area contributed by atoms with Gasteiger partial charge in [-0.1, -0.05) is 20.8 Å². The number of unbranched alkanes of at least 4 members (excludes halogenated alkanes) is 1. The zero-order valence-electron chi connectivity index (χ0n) is 16.4. The lowest BCUT2D eigenvalue weighted by Gasteiger charge is -2.37. The molecule has 1 unspecified atom stereocenters. The van der Waals surface area contributed by atoms with Gasteiger partial charge >= 0.3 is 5.97 Å². The summed E-state index contributed by atoms with van der Waals surface area (Å²) in [4.78, 5) is 35.3. The number of Topliss-reactive ketones (excluding diaryl/α,β-unsaturated/α-hetero) is 2. The van der Waals surface area contributed by atoms with Crippen molar-refractivity contribution in [3.63, 3.8) is 0 Å². The molecule has 1 atom stereocenters. The summed E-state index contributed by atoms with van der Waals surface area (Å²) < 4.78 is 10.8. The maximum atomic E-state index is 12.2. The van der Waals surface area contributed by atoms with Gasteiger partial charge in [0.25, 0.3) is 0 Å². The Labute approximate surface area is 152 Å². The van der Waals surface area contributed by atoms with Crippen molar-refractivity contribution in [2.75, 3.05) is 7.11 Å². The molecule has 0 aliphatic heterocycles. The van der Waals surface area contributed by atoms with Gasteiger partial charge < -0.3 is 9.16 Å².